The Morgan fingerprint density at radius 1 is 1.10 bits per heavy atom. The second kappa shape index (κ2) is 8.40. The predicted octanol–water partition coefficient (Wildman–Crippen LogP) is 3.62. The topological polar surface area (TPSA) is 69.7 Å². The van der Waals surface area contributed by atoms with Gasteiger partial charge in [0.2, 0.25) is 11.8 Å². The summed E-state index contributed by atoms with van der Waals surface area (Å²) in [6.07, 6.45) is 0. The van der Waals surface area contributed by atoms with Crippen molar-refractivity contribution in [3.63, 3.8) is 0 Å². The Morgan fingerprint density at radius 2 is 1.81 bits per heavy atom. The van der Waals surface area contributed by atoms with Gasteiger partial charge in [-0.15, -0.1) is 0 Å². The molecule has 0 fully saturated rings. The van der Waals surface area contributed by atoms with Gasteiger partial charge in [-0.1, -0.05) is 48.0 Å². The Kier molecular flexibility index (Phi) is 5.65. The van der Waals surface area contributed by atoms with Gasteiger partial charge in [0, 0.05) is 29.6 Å². The van der Waals surface area contributed by atoms with Crippen molar-refractivity contribution in [2.75, 3.05) is 18.5 Å². The summed E-state index contributed by atoms with van der Waals surface area (Å²) in [6, 6.07) is 17.6. The lowest BCUT2D eigenvalue weighted by Gasteiger charge is -2.30. The molecule has 0 aromatic heterocycles. The first-order valence-corrected chi connectivity index (χ1v) is 10.4. The van der Waals surface area contributed by atoms with E-state index in [9.17, 15) is 14.4 Å². The van der Waals surface area contributed by atoms with Crippen molar-refractivity contribution in [2.45, 2.75) is 19.5 Å². The first-order chi connectivity index (χ1) is 14.9. The monoisotopic (exact) mass is 435 g/mol. The summed E-state index contributed by atoms with van der Waals surface area (Å²) in [5.41, 5.74) is 2.10. The molecule has 1 N–H and O–H groups in total. The summed E-state index contributed by atoms with van der Waals surface area (Å²) < 4.78 is 0. The highest BCUT2D eigenvalue weighted by atomic mass is 35.5. The molecule has 0 spiro atoms. The van der Waals surface area contributed by atoms with Crippen LogP contribution in [0.2, 0.25) is 5.02 Å². The zero-order valence-corrected chi connectivity index (χ0v) is 18.0. The molecule has 0 aliphatic carbocycles. The molecular formula is C24H22ClN3O3. The lowest BCUT2D eigenvalue weighted by atomic mass is 10.1. The molecule has 1 aliphatic heterocycles. The number of likely N-dealkylation sites (N-methyl/N-ethyl adjacent to an activating group) is 1. The molecule has 1 heterocycles. The molecule has 7 heteroatoms. The van der Waals surface area contributed by atoms with E-state index in [1.807, 2.05) is 36.4 Å². The van der Waals surface area contributed by atoms with Crippen LogP contribution in [0, 0.1) is 0 Å². The molecule has 4 rings (SSSR count). The number of benzene rings is 3. The maximum Gasteiger partial charge on any atom is 0.259 e. The van der Waals surface area contributed by atoms with Gasteiger partial charge in [0.15, 0.2) is 0 Å². The van der Waals surface area contributed by atoms with E-state index in [0.717, 1.165) is 16.3 Å². The Hall–Kier alpha value is -3.38. The number of nitrogens with zero attached hydrogens (tertiary/aromatic N) is 2. The third kappa shape index (κ3) is 3.86. The highest BCUT2D eigenvalue weighted by molar-refractivity contribution is 6.30. The molecule has 3 aromatic carbocycles. The van der Waals surface area contributed by atoms with E-state index >= 15 is 0 Å². The highest BCUT2D eigenvalue weighted by Crippen LogP contribution is 2.37. The summed E-state index contributed by atoms with van der Waals surface area (Å²) in [7, 11) is 1.53. The zero-order chi connectivity index (χ0) is 22.1. The van der Waals surface area contributed by atoms with Gasteiger partial charge < -0.3 is 10.2 Å². The fourth-order valence-electron chi connectivity index (χ4n) is 3.99. The summed E-state index contributed by atoms with van der Waals surface area (Å²) in [6.45, 7) is 1.71. The lowest BCUT2D eigenvalue weighted by Crippen LogP contribution is -2.50. The van der Waals surface area contributed by atoms with Crippen molar-refractivity contribution < 1.29 is 14.4 Å². The third-order valence-electron chi connectivity index (χ3n) is 5.60. The van der Waals surface area contributed by atoms with Crippen LogP contribution in [-0.4, -0.2) is 42.3 Å². The first-order valence-electron chi connectivity index (χ1n) is 10.00. The fourth-order valence-corrected chi connectivity index (χ4v) is 4.20. The molecule has 31 heavy (non-hydrogen) atoms. The van der Waals surface area contributed by atoms with Gasteiger partial charge in [0.05, 0.1) is 5.69 Å². The minimum absolute atomic E-state index is 0.158. The summed E-state index contributed by atoms with van der Waals surface area (Å²) in [5, 5.41) is 4.94. The van der Waals surface area contributed by atoms with Gasteiger partial charge >= 0.3 is 0 Å². The second-order valence-electron chi connectivity index (χ2n) is 7.51. The molecule has 1 atom stereocenters. The van der Waals surface area contributed by atoms with E-state index in [1.54, 1.807) is 31.2 Å². The van der Waals surface area contributed by atoms with Gasteiger partial charge in [-0.2, -0.15) is 0 Å². The lowest BCUT2D eigenvalue weighted by molar-refractivity contribution is -0.139. The van der Waals surface area contributed by atoms with Gasteiger partial charge in [-0.25, -0.2) is 0 Å². The number of anilines is 1. The minimum atomic E-state index is -0.715. The second-order valence-corrected chi connectivity index (χ2v) is 7.95. The standard InChI is InChI=1S/C24H22ClN3O3/c1-15(23(30)26-2)27(13-16-6-3-9-18(25)12-16)21(29)14-28-20-11-5-8-17-7-4-10-19(22(17)20)24(28)31/h3-12,15H,13-14H2,1-2H3,(H,26,30). The molecule has 0 saturated heterocycles. The maximum atomic E-state index is 13.4. The van der Waals surface area contributed by atoms with Crippen LogP contribution in [0.1, 0.15) is 22.8 Å². The Labute approximate surface area is 185 Å². The van der Waals surface area contributed by atoms with Gasteiger partial charge in [0.25, 0.3) is 5.91 Å². The van der Waals surface area contributed by atoms with E-state index in [0.29, 0.717) is 16.3 Å². The van der Waals surface area contributed by atoms with Gasteiger partial charge in [-0.3, -0.25) is 19.3 Å². The zero-order valence-electron chi connectivity index (χ0n) is 17.3. The number of halogens is 1. The molecule has 0 bridgehead atoms. The molecule has 3 amide bonds. The van der Waals surface area contributed by atoms with Crippen molar-refractivity contribution in [3.05, 3.63) is 76.8 Å². The van der Waals surface area contributed by atoms with Crippen LogP contribution < -0.4 is 10.2 Å². The van der Waals surface area contributed by atoms with Crippen LogP contribution >= 0.6 is 11.6 Å². The molecule has 0 radical (unpaired) electrons. The highest BCUT2D eigenvalue weighted by Gasteiger charge is 2.34. The smallest absolute Gasteiger partial charge is 0.259 e. The molecular weight excluding hydrogens is 414 g/mol. The number of nitrogens with one attached hydrogen (secondary N) is 1. The average Bonchev–Trinajstić information content (AvgIpc) is 3.04. The minimum Gasteiger partial charge on any atom is -0.357 e. The summed E-state index contributed by atoms with van der Waals surface area (Å²) in [5.74, 6) is -0.821. The molecule has 1 unspecified atom stereocenters. The van der Waals surface area contributed by atoms with E-state index in [2.05, 4.69) is 5.32 Å². The van der Waals surface area contributed by atoms with Crippen LogP contribution in [0.4, 0.5) is 5.69 Å². The van der Waals surface area contributed by atoms with E-state index in [1.165, 1.54) is 16.8 Å². The number of carbonyl (C=O) groups is 3. The van der Waals surface area contributed by atoms with Crippen LogP contribution in [0.3, 0.4) is 0 Å². The van der Waals surface area contributed by atoms with Crippen LogP contribution in [0.15, 0.2) is 60.7 Å². The van der Waals surface area contributed by atoms with Crippen LogP contribution in [-0.2, 0) is 16.1 Å². The Morgan fingerprint density at radius 3 is 2.52 bits per heavy atom. The largest absolute Gasteiger partial charge is 0.357 e. The molecule has 0 saturated carbocycles. The van der Waals surface area contributed by atoms with E-state index < -0.39 is 6.04 Å². The SMILES string of the molecule is CNC(=O)C(C)N(Cc1cccc(Cl)c1)C(=O)CN1C(=O)c2cccc3cccc1c23. The van der Waals surface area contributed by atoms with Gasteiger partial charge in [0.1, 0.15) is 12.6 Å². The quantitative estimate of drug-likeness (QED) is 0.643. The van der Waals surface area contributed by atoms with Crippen molar-refractivity contribution >= 4 is 45.8 Å². The molecule has 1 aliphatic rings. The number of rotatable bonds is 6. The van der Waals surface area contributed by atoms with E-state index in [-0.39, 0.29) is 30.8 Å². The number of carbonyl (C=O) groups excluding carboxylic acids is 3. The Balaban J connectivity index is 1.64. The van der Waals surface area contributed by atoms with Crippen molar-refractivity contribution in [3.8, 4) is 0 Å². The van der Waals surface area contributed by atoms with Crippen molar-refractivity contribution in [1.82, 2.24) is 10.2 Å². The summed E-state index contributed by atoms with van der Waals surface area (Å²) >= 11 is 6.10. The van der Waals surface area contributed by atoms with E-state index in [4.69, 9.17) is 11.6 Å². The fraction of sp³-hybridized carbons (Fsp3) is 0.208. The molecule has 3 aromatic rings. The van der Waals surface area contributed by atoms with Crippen molar-refractivity contribution in [2.24, 2.45) is 0 Å². The first kappa shape index (κ1) is 20.9. The Bertz CT molecular complexity index is 1190. The third-order valence-corrected chi connectivity index (χ3v) is 5.83. The maximum absolute atomic E-state index is 13.4. The summed E-state index contributed by atoms with van der Waals surface area (Å²) in [4.78, 5) is 41.7. The van der Waals surface area contributed by atoms with Crippen LogP contribution in [0.25, 0.3) is 10.8 Å². The average molecular weight is 436 g/mol. The van der Waals surface area contributed by atoms with Crippen molar-refractivity contribution in [1.29, 1.82) is 0 Å². The van der Waals surface area contributed by atoms with Crippen LogP contribution in [0.5, 0.6) is 0 Å². The molecule has 158 valence electrons. The predicted molar refractivity (Wildman–Crippen MR) is 121 cm³/mol. The normalized spacial score (nSPS) is 13.4. The van der Waals surface area contributed by atoms with Gasteiger partial charge in [-0.05, 0) is 42.1 Å². The number of hydrogen-bond donors (Lipinski definition) is 1. The number of amides is 3. The number of hydrogen-bond acceptors (Lipinski definition) is 3. The molecule has 6 nitrogen and oxygen atoms in total.